The number of aliphatic carboxylic acids is 1. The number of nitrogens with zero attached hydrogens (tertiary/aromatic N) is 2. The van der Waals surface area contributed by atoms with E-state index in [2.05, 4.69) is 27.7 Å². The number of carbonyl (C=O) groups is 2. The number of fused-ring (bicyclic) bond motifs is 4. The molecular formula is C26H38N4O4. The van der Waals surface area contributed by atoms with E-state index in [0.717, 1.165) is 108 Å². The van der Waals surface area contributed by atoms with E-state index < -0.39 is 12.0 Å². The van der Waals surface area contributed by atoms with Crippen molar-refractivity contribution in [3.63, 3.8) is 0 Å². The lowest BCUT2D eigenvalue weighted by molar-refractivity contribution is -0.149. The van der Waals surface area contributed by atoms with Crippen LogP contribution in [0.1, 0.15) is 69.0 Å². The standard InChI is InChI=1S/C26H38N4O4/c31-24(32)22(29-25(33)26-10-7-18(8-11-26)9-12-26)17-34-21-4-2-14-30(16-21)15-20-6-5-19-3-1-13-27-23(19)28-20/h5-6,18,21-22H,1-4,7-17H2,(H,27,28)(H,29,33)(H,31,32)/t18?,21-,22+,26?/m1/s1. The number of likely N-dealkylation sites (tertiary alicyclic amines) is 1. The van der Waals surface area contributed by atoms with Crippen LogP contribution in [0, 0.1) is 11.3 Å². The Hall–Kier alpha value is -2.19. The fourth-order valence-corrected chi connectivity index (χ4v) is 6.29. The van der Waals surface area contributed by atoms with Gasteiger partial charge < -0.3 is 20.5 Å². The summed E-state index contributed by atoms with van der Waals surface area (Å²) in [6.45, 7) is 3.48. The van der Waals surface area contributed by atoms with Gasteiger partial charge in [-0.2, -0.15) is 0 Å². The van der Waals surface area contributed by atoms with Crippen LogP contribution in [0.4, 0.5) is 5.82 Å². The Bertz CT molecular complexity index is 885. The van der Waals surface area contributed by atoms with Gasteiger partial charge in [0.2, 0.25) is 5.91 Å². The van der Waals surface area contributed by atoms with Crippen molar-refractivity contribution >= 4 is 17.7 Å². The molecule has 4 fully saturated rings. The molecular weight excluding hydrogens is 432 g/mol. The van der Waals surface area contributed by atoms with Crippen molar-refractivity contribution in [2.45, 2.75) is 82.9 Å². The van der Waals surface area contributed by atoms with Crippen LogP contribution in [0.5, 0.6) is 0 Å². The van der Waals surface area contributed by atoms with E-state index >= 15 is 0 Å². The number of amides is 1. The number of hydrogen-bond acceptors (Lipinski definition) is 6. The van der Waals surface area contributed by atoms with E-state index in [0.29, 0.717) is 0 Å². The van der Waals surface area contributed by atoms with E-state index in [9.17, 15) is 14.7 Å². The molecule has 0 spiro atoms. The van der Waals surface area contributed by atoms with Gasteiger partial charge in [0.25, 0.3) is 0 Å². The van der Waals surface area contributed by atoms with Gasteiger partial charge in [-0.25, -0.2) is 9.78 Å². The molecule has 2 atom stereocenters. The van der Waals surface area contributed by atoms with Crippen molar-refractivity contribution in [3.8, 4) is 0 Å². The van der Waals surface area contributed by atoms with E-state index in [1.54, 1.807) is 0 Å². The van der Waals surface area contributed by atoms with Crippen LogP contribution >= 0.6 is 0 Å². The summed E-state index contributed by atoms with van der Waals surface area (Å²) in [5.41, 5.74) is 1.98. The summed E-state index contributed by atoms with van der Waals surface area (Å²) in [6, 6.07) is 3.30. The topological polar surface area (TPSA) is 104 Å². The molecule has 186 valence electrons. The highest BCUT2D eigenvalue weighted by atomic mass is 16.5. The monoisotopic (exact) mass is 470 g/mol. The number of hydrogen-bond donors (Lipinski definition) is 3. The third-order valence-corrected chi connectivity index (χ3v) is 8.48. The zero-order valence-corrected chi connectivity index (χ0v) is 20.1. The average molecular weight is 471 g/mol. The molecule has 0 aromatic carbocycles. The minimum absolute atomic E-state index is 0.0132. The molecule has 6 rings (SSSR count). The number of carboxylic acids is 1. The number of ether oxygens (including phenoxy) is 1. The molecule has 2 bridgehead atoms. The number of carbonyl (C=O) groups excluding carboxylic acids is 1. The fraction of sp³-hybridized carbons (Fsp3) is 0.731. The van der Waals surface area contributed by atoms with Crippen molar-refractivity contribution in [3.05, 3.63) is 23.4 Å². The quantitative estimate of drug-likeness (QED) is 0.537. The largest absolute Gasteiger partial charge is 0.480 e. The van der Waals surface area contributed by atoms with Crippen molar-refractivity contribution < 1.29 is 19.4 Å². The summed E-state index contributed by atoms with van der Waals surface area (Å²) in [7, 11) is 0. The highest BCUT2D eigenvalue weighted by molar-refractivity contribution is 5.87. The first-order valence-corrected chi connectivity index (χ1v) is 13.1. The summed E-state index contributed by atoms with van der Waals surface area (Å²) < 4.78 is 6.06. The van der Waals surface area contributed by atoms with Gasteiger partial charge in [0, 0.05) is 25.0 Å². The molecule has 2 aliphatic heterocycles. The number of anilines is 1. The van der Waals surface area contributed by atoms with E-state index in [-0.39, 0.29) is 24.0 Å². The minimum atomic E-state index is -1.02. The van der Waals surface area contributed by atoms with Gasteiger partial charge >= 0.3 is 5.97 Å². The second-order valence-corrected chi connectivity index (χ2v) is 10.8. The smallest absolute Gasteiger partial charge is 0.328 e. The summed E-state index contributed by atoms with van der Waals surface area (Å²) >= 11 is 0. The number of carboxylic acid groups (broad SMARTS) is 1. The Morgan fingerprint density at radius 1 is 1.21 bits per heavy atom. The lowest BCUT2D eigenvalue weighted by Gasteiger charge is -2.45. The van der Waals surface area contributed by atoms with Crippen LogP contribution in [0.15, 0.2) is 12.1 Å². The van der Waals surface area contributed by atoms with E-state index in [4.69, 9.17) is 9.72 Å². The Morgan fingerprint density at radius 2 is 2.00 bits per heavy atom. The highest BCUT2D eigenvalue weighted by Crippen LogP contribution is 2.50. The van der Waals surface area contributed by atoms with Crippen molar-refractivity contribution in [1.29, 1.82) is 0 Å². The van der Waals surface area contributed by atoms with Gasteiger partial charge in [-0.1, -0.05) is 6.07 Å². The molecule has 1 aromatic rings. The molecule has 3 N–H and O–H groups in total. The van der Waals surface area contributed by atoms with Crippen LogP contribution in [-0.4, -0.2) is 65.3 Å². The summed E-state index contributed by atoms with van der Waals surface area (Å²) in [5, 5.41) is 16.0. The highest BCUT2D eigenvalue weighted by Gasteiger charge is 2.46. The number of nitrogens with one attached hydrogen (secondary N) is 2. The lowest BCUT2D eigenvalue weighted by Crippen LogP contribution is -2.53. The molecule has 8 nitrogen and oxygen atoms in total. The molecule has 3 saturated carbocycles. The zero-order valence-electron chi connectivity index (χ0n) is 20.1. The summed E-state index contributed by atoms with van der Waals surface area (Å²) in [4.78, 5) is 32.1. The molecule has 1 saturated heterocycles. The Balaban J connectivity index is 1.13. The van der Waals surface area contributed by atoms with Crippen LogP contribution in [0.3, 0.4) is 0 Å². The van der Waals surface area contributed by atoms with E-state index in [1.807, 2.05) is 0 Å². The number of rotatable bonds is 8. The molecule has 34 heavy (non-hydrogen) atoms. The lowest BCUT2D eigenvalue weighted by atomic mass is 9.60. The third-order valence-electron chi connectivity index (χ3n) is 8.48. The van der Waals surface area contributed by atoms with Gasteiger partial charge in [0.15, 0.2) is 6.04 Å². The SMILES string of the molecule is O=C(O)[C@H](CO[C@@H]1CCCN(Cc2ccc3c(n2)NCCC3)C1)NC(=O)C12CCC(CC1)CC2. The van der Waals surface area contributed by atoms with Gasteiger partial charge in [-0.15, -0.1) is 0 Å². The van der Waals surface area contributed by atoms with Crippen molar-refractivity contribution in [2.24, 2.45) is 11.3 Å². The molecule has 1 aromatic heterocycles. The van der Waals surface area contributed by atoms with Crippen LogP contribution in [0.2, 0.25) is 0 Å². The van der Waals surface area contributed by atoms with Gasteiger partial charge in [-0.05, 0) is 88.3 Å². The Labute approximate surface area is 201 Å². The van der Waals surface area contributed by atoms with Crippen LogP contribution in [0.25, 0.3) is 0 Å². The summed E-state index contributed by atoms with van der Waals surface area (Å²) in [6.07, 6.45) is 10.0. The number of aryl methyl sites for hydroxylation is 1. The average Bonchev–Trinajstić information content (AvgIpc) is 2.87. The fourth-order valence-electron chi connectivity index (χ4n) is 6.29. The second kappa shape index (κ2) is 10.2. The predicted octanol–water partition coefficient (Wildman–Crippen LogP) is 2.96. The van der Waals surface area contributed by atoms with Crippen molar-refractivity contribution in [2.75, 3.05) is 31.6 Å². The predicted molar refractivity (Wildman–Crippen MR) is 128 cm³/mol. The first-order valence-electron chi connectivity index (χ1n) is 13.1. The maximum Gasteiger partial charge on any atom is 0.328 e. The normalized spacial score (nSPS) is 29.6. The maximum absolute atomic E-state index is 13.0. The molecule has 1 amide bonds. The molecule has 0 unspecified atom stereocenters. The van der Waals surface area contributed by atoms with E-state index in [1.165, 1.54) is 5.56 Å². The zero-order chi connectivity index (χ0) is 23.5. The minimum Gasteiger partial charge on any atom is -0.480 e. The molecule has 3 heterocycles. The first kappa shape index (κ1) is 23.5. The van der Waals surface area contributed by atoms with Gasteiger partial charge in [0.1, 0.15) is 5.82 Å². The number of aromatic nitrogens is 1. The molecule has 8 heteroatoms. The van der Waals surface area contributed by atoms with Crippen LogP contribution < -0.4 is 10.6 Å². The Kier molecular flexibility index (Phi) is 7.06. The van der Waals surface area contributed by atoms with Crippen LogP contribution in [-0.2, 0) is 27.3 Å². The summed E-state index contributed by atoms with van der Waals surface area (Å²) in [5.74, 6) is 0.668. The second-order valence-electron chi connectivity index (χ2n) is 10.8. The van der Waals surface area contributed by atoms with Gasteiger partial charge in [-0.3, -0.25) is 9.69 Å². The first-order chi connectivity index (χ1) is 16.5. The maximum atomic E-state index is 13.0. The number of pyridine rings is 1. The van der Waals surface area contributed by atoms with Crippen molar-refractivity contribution in [1.82, 2.24) is 15.2 Å². The third kappa shape index (κ3) is 5.23. The molecule has 3 aliphatic carbocycles. The number of piperidine rings is 1. The molecule has 0 radical (unpaired) electrons. The Morgan fingerprint density at radius 3 is 2.76 bits per heavy atom. The van der Waals surface area contributed by atoms with Gasteiger partial charge in [0.05, 0.1) is 18.4 Å². The molecule has 5 aliphatic rings.